The fraction of sp³-hybridized carbons (Fsp3) is 0.280. The number of hydrogen-bond donors (Lipinski definition) is 0. The van der Waals surface area contributed by atoms with E-state index < -0.39 is 11.9 Å². The maximum Gasteiger partial charge on any atom is 0.297 e. The van der Waals surface area contributed by atoms with Crippen molar-refractivity contribution in [2.24, 2.45) is 5.92 Å². The number of anilines is 1. The summed E-state index contributed by atoms with van der Waals surface area (Å²) in [6.07, 6.45) is 0.764. The van der Waals surface area contributed by atoms with Gasteiger partial charge in [0.25, 0.3) is 5.91 Å². The normalized spacial score (nSPS) is 15.5. The predicted molar refractivity (Wildman–Crippen MR) is 127 cm³/mol. The summed E-state index contributed by atoms with van der Waals surface area (Å²) in [6.45, 7) is 6.13. The topological polar surface area (TPSA) is 85.5 Å². The molecule has 0 radical (unpaired) electrons. The number of fused-ring (bicyclic) bond motifs is 2. The quantitative estimate of drug-likeness (QED) is 0.420. The Morgan fingerprint density at radius 2 is 1.88 bits per heavy atom. The van der Waals surface area contributed by atoms with Crippen LogP contribution in [-0.4, -0.2) is 23.2 Å². The molecule has 0 N–H and O–H groups in total. The molecule has 2 aromatic heterocycles. The van der Waals surface area contributed by atoms with Gasteiger partial charge in [0, 0.05) is 6.42 Å². The van der Waals surface area contributed by atoms with Gasteiger partial charge in [-0.2, -0.15) is 0 Å². The van der Waals surface area contributed by atoms with Crippen molar-refractivity contribution in [3.8, 4) is 5.75 Å². The zero-order valence-electron chi connectivity index (χ0n) is 18.8. The molecular formula is C25H23N3O4S. The highest BCUT2D eigenvalue weighted by atomic mass is 32.1. The first-order valence-electron chi connectivity index (χ1n) is 10.7. The van der Waals surface area contributed by atoms with Gasteiger partial charge in [-0.15, -0.1) is 10.2 Å². The van der Waals surface area contributed by atoms with E-state index in [0.29, 0.717) is 33.3 Å². The maximum absolute atomic E-state index is 13.7. The summed E-state index contributed by atoms with van der Waals surface area (Å²) in [5.74, 6) is 0.757. The molecule has 1 amide bonds. The number of benzene rings is 2. The summed E-state index contributed by atoms with van der Waals surface area (Å²) in [7, 11) is 1.59. The Morgan fingerprint density at radius 3 is 2.58 bits per heavy atom. The minimum Gasteiger partial charge on any atom is -0.497 e. The van der Waals surface area contributed by atoms with Crippen LogP contribution >= 0.6 is 11.3 Å². The molecule has 1 aliphatic rings. The van der Waals surface area contributed by atoms with Gasteiger partial charge in [0.2, 0.25) is 10.9 Å². The molecule has 5 rings (SSSR count). The third-order valence-electron chi connectivity index (χ3n) is 5.70. The lowest BCUT2D eigenvalue weighted by atomic mass is 9.98. The van der Waals surface area contributed by atoms with Crippen LogP contribution in [0.15, 0.2) is 51.7 Å². The lowest BCUT2D eigenvalue weighted by Crippen LogP contribution is -2.29. The van der Waals surface area contributed by atoms with E-state index in [9.17, 15) is 9.59 Å². The summed E-state index contributed by atoms with van der Waals surface area (Å²) in [4.78, 5) is 28.8. The van der Waals surface area contributed by atoms with Crippen LogP contribution in [0, 0.1) is 12.8 Å². The Labute approximate surface area is 194 Å². The number of rotatable bonds is 5. The molecule has 2 aromatic carbocycles. The van der Waals surface area contributed by atoms with Crippen molar-refractivity contribution in [3.05, 3.63) is 80.1 Å². The van der Waals surface area contributed by atoms with E-state index in [1.165, 1.54) is 16.2 Å². The van der Waals surface area contributed by atoms with Gasteiger partial charge < -0.3 is 9.15 Å². The van der Waals surface area contributed by atoms with E-state index in [4.69, 9.17) is 9.15 Å². The summed E-state index contributed by atoms with van der Waals surface area (Å²) in [5.41, 5.74) is 2.22. The van der Waals surface area contributed by atoms with Crippen LogP contribution in [-0.2, 0) is 6.42 Å². The zero-order valence-corrected chi connectivity index (χ0v) is 19.6. The number of aryl methyl sites for hydroxylation is 1. The number of methoxy groups -OCH3 is 1. The molecule has 33 heavy (non-hydrogen) atoms. The number of ether oxygens (including phenoxy) is 1. The van der Waals surface area contributed by atoms with Crippen LogP contribution in [0.3, 0.4) is 0 Å². The lowest BCUT2D eigenvalue weighted by Gasteiger charge is -2.22. The molecule has 0 saturated heterocycles. The molecule has 0 aliphatic carbocycles. The largest absolute Gasteiger partial charge is 0.497 e. The van der Waals surface area contributed by atoms with Gasteiger partial charge >= 0.3 is 0 Å². The van der Waals surface area contributed by atoms with Crippen molar-refractivity contribution >= 4 is 33.3 Å². The van der Waals surface area contributed by atoms with Gasteiger partial charge in [-0.3, -0.25) is 14.5 Å². The standard InChI is InChI=1S/C25H23N3O4S/c1-13(2)11-19-26-27-25(33-19)28-21(15-6-8-16(31-4)9-7-15)20-22(29)17-12-14(3)5-10-18(17)32-23(20)24(28)30/h5-10,12-13,21H,11H2,1-4H3/t21-/m1/s1. The van der Waals surface area contributed by atoms with E-state index >= 15 is 0 Å². The van der Waals surface area contributed by atoms with Crippen LogP contribution in [0.25, 0.3) is 11.0 Å². The molecule has 1 atom stereocenters. The van der Waals surface area contributed by atoms with Crippen LogP contribution in [0.5, 0.6) is 5.75 Å². The summed E-state index contributed by atoms with van der Waals surface area (Å²) < 4.78 is 11.3. The van der Waals surface area contributed by atoms with Crippen LogP contribution < -0.4 is 15.1 Å². The first-order valence-corrected chi connectivity index (χ1v) is 11.6. The third kappa shape index (κ3) is 3.60. The highest BCUT2D eigenvalue weighted by Gasteiger charge is 2.45. The number of carbonyl (C=O) groups is 1. The molecule has 3 heterocycles. The van der Waals surface area contributed by atoms with E-state index in [2.05, 4.69) is 24.0 Å². The minimum atomic E-state index is -0.667. The lowest BCUT2D eigenvalue weighted by molar-refractivity contribution is 0.0970. The summed E-state index contributed by atoms with van der Waals surface area (Å²) in [5, 5.41) is 10.4. The van der Waals surface area contributed by atoms with Crippen LogP contribution in [0.1, 0.15) is 52.1 Å². The van der Waals surface area contributed by atoms with Crippen molar-refractivity contribution in [2.75, 3.05) is 12.0 Å². The average molecular weight is 462 g/mol. The molecule has 7 nitrogen and oxygen atoms in total. The fourth-order valence-corrected chi connectivity index (χ4v) is 5.24. The second-order valence-electron chi connectivity index (χ2n) is 8.60. The van der Waals surface area contributed by atoms with Crippen molar-refractivity contribution < 1.29 is 13.9 Å². The molecule has 0 bridgehead atoms. The van der Waals surface area contributed by atoms with Gasteiger partial charge in [-0.05, 0) is 42.7 Å². The van der Waals surface area contributed by atoms with E-state index in [1.807, 2.05) is 37.3 Å². The molecular weight excluding hydrogens is 438 g/mol. The van der Waals surface area contributed by atoms with Crippen LogP contribution in [0.2, 0.25) is 0 Å². The van der Waals surface area contributed by atoms with E-state index in [1.54, 1.807) is 19.2 Å². The van der Waals surface area contributed by atoms with Gasteiger partial charge in [0.1, 0.15) is 16.3 Å². The van der Waals surface area contributed by atoms with Crippen molar-refractivity contribution in [2.45, 2.75) is 33.2 Å². The number of carbonyl (C=O) groups excluding carboxylic acids is 1. The predicted octanol–water partition coefficient (Wildman–Crippen LogP) is 4.91. The molecule has 0 saturated carbocycles. The number of hydrogen-bond acceptors (Lipinski definition) is 7. The Kier molecular flexibility index (Phi) is 5.25. The van der Waals surface area contributed by atoms with Crippen molar-refractivity contribution in [3.63, 3.8) is 0 Å². The van der Waals surface area contributed by atoms with Gasteiger partial charge in [0.05, 0.1) is 24.1 Å². The number of nitrogens with zero attached hydrogens (tertiary/aromatic N) is 3. The first kappa shape index (κ1) is 21.3. The number of amides is 1. The SMILES string of the molecule is COc1ccc([C@@H]2c3c(oc4ccc(C)cc4c3=O)C(=O)N2c2nnc(CC(C)C)s2)cc1. The fourth-order valence-electron chi connectivity index (χ4n) is 4.16. The van der Waals surface area contributed by atoms with Gasteiger partial charge in [-0.1, -0.05) is 48.9 Å². The Morgan fingerprint density at radius 1 is 1.12 bits per heavy atom. The second kappa shape index (κ2) is 8.12. The van der Waals surface area contributed by atoms with E-state index in [-0.39, 0.29) is 11.2 Å². The second-order valence-corrected chi connectivity index (χ2v) is 9.64. The Hall–Kier alpha value is -3.52. The smallest absolute Gasteiger partial charge is 0.297 e. The minimum absolute atomic E-state index is 0.0535. The highest BCUT2D eigenvalue weighted by Crippen LogP contribution is 2.42. The van der Waals surface area contributed by atoms with Gasteiger partial charge in [0.15, 0.2) is 5.43 Å². The molecule has 0 spiro atoms. The van der Waals surface area contributed by atoms with Gasteiger partial charge in [-0.25, -0.2) is 0 Å². The van der Waals surface area contributed by atoms with Crippen molar-refractivity contribution in [1.29, 1.82) is 0 Å². The molecule has 4 aromatic rings. The van der Waals surface area contributed by atoms with E-state index in [0.717, 1.165) is 22.6 Å². The first-order chi connectivity index (χ1) is 15.9. The maximum atomic E-state index is 13.7. The Balaban J connectivity index is 1.73. The molecule has 1 aliphatic heterocycles. The average Bonchev–Trinajstić information content (AvgIpc) is 3.36. The summed E-state index contributed by atoms with van der Waals surface area (Å²) in [6, 6.07) is 12.1. The zero-order chi connectivity index (χ0) is 23.3. The molecule has 8 heteroatoms. The molecule has 0 unspecified atom stereocenters. The molecule has 168 valence electrons. The monoisotopic (exact) mass is 461 g/mol. The highest BCUT2D eigenvalue weighted by molar-refractivity contribution is 7.15. The Bertz CT molecular complexity index is 1420. The van der Waals surface area contributed by atoms with Crippen molar-refractivity contribution in [1.82, 2.24) is 10.2 Å². The molecule has 0 fully saturated rings. The van der Waals surface area contributed by atoms with Crippen LogP contribution in [0.4, 0.5) is 5.13 Å². The third-order valence-corrected chi connectivity index (χ3v) is 6.65. The summed E-state index contributed by atoms with van der Waals surface area (Å²) >= 11 is 1.37. The number of aromatic nitrogens is 2.